The van der Waals surface area contributed by atoms with Crippen molar-refractivity contribution in [1.29, 1.82) is 0 Å². The summed E-state index contributed by atoms with van der Waals surface area (Å²) in [5, 5.41) is 8.72. The first-order chi connectivity index (χ1) is 10.7. The van der Waals surface area contributed by atoms with Crippen molar-refractivity contribution in [1.82, 2.24) is 9.80 Å². The van der Waals surface area contributed by atoms with E-state index in [9.17, 15) is 9.59 Å². The van der Waals surface area contributed by atoms with E-state index in [1.54, 1.807) is 4.90 Å². The molecule has 23 heavy (non-hydrogen) atoms. The van der Waals surface area contributed by atoms with Crippen molar-refractivity contribution in [3.63, 3.8) is 0 Å². The molecule has 0 spiro atoms. The van der Waals surface area contributed by atoms with Gasteiger partial charge in [0, 0.05) is 26.1 Å². The van der Waals surface area contributed by atoms with E-state index < -0.39 is 11.6 Å². The van der Waals surface area contributed by atoms with Gasteiger partial charge in [0.25, 0.3) is 0 Å². The van der Waals surface area contributed by atoms with Crippen LogP contribution in [0.5, 0.6) is 0 Å². The standard InChI is InChI=1S/C17H30N2O4/c1-17(2,3)23-16(22)19-11-14(12-19)13-6-4-8-18(10-13)9-5-7-15(20)21/h13-14H,4-12H2,1-3H3,(H,20,21). The van der Waals surface area contributed by atoms with Crippen molar-refractivity contribution in [2.24, 2.45) is 11.8 Å². The lowest BCUT2D eigenvalue weighted by atomic mass is 9.81. The number of nitrogens with zero attached hydrogens (tertiary/aromatic N) is 2. The van der Waals surface area contributed by atoms with Gasteiger partial charge in [-0.05, 0) is 65.0 Å². The topological polar surface area (TPSA) is 70.1 Å². The van der Waals surface area contributed by atoms with Gasteiger partial charge in [-0.25, -0.2) is 4.79 Å². The summed E-state index contributed by atoms with van der Waals surface area (Å²) in [6, 6.07) is 0. The molecule has 2 heterocycles. The Morgan fingerprint density at radius 3 is 2.48 bits per heavy atom. The van der Waals surface area contributed by atoms with Crippen LogP contribution in [0, 0.1) is 11.8 Å². The lowest BCUT2D eigenvalue weighted by Gasteiger charge is -2.46. The molecule has 1 atom stereocenters. The third-order valence-corrected chi connectivity index (χ3v) is 4.64. The second-order valence-electron chi connectivity index (χ2n) is 7.85. The Hall–Kier alpha value is -1.30. The largest absolute Gasteiger partial charge is 0.481 e. The Labute approximate surface area is 138 Å². The molecule has 0 aromatic rings. The molecule has 2 fully saturated rings. The third kappa shape index (κ3) is 5.68. The third-order valence-electron chi connectivity index (χ3n) is 4.64. The summed E-state index contributed by atoms with van der Waals surface area (Å²) >= 11 is 0. The van der Waals surface area contributed by atoms with E-state index >= 15 is 0 Å². The van der Waals surface area contributed by atoms with E-state index in [0.717, 1.165) is 39.1 Å². The molecule has 2 saturated heterocycles. The Morgan fingerprint density at radius 1 is 1.17 bits per heavy atom. The number of carboxylic acid groups (broad SMARTS) is 1. The van der Waals surface area contributed by atoms with E-state index in [0.29, 0.717) is 11.8 Å². The number of amides is 1. The molecule has 2 rings (SSSR count). The maximum Gasteiger partial charge on any atom is 0.410 e. The van der Waals surface area contributed by atoms with Crippen molar-refractivity contribution in [2.75, 3.05) is 32.7 Å². The van der Waals surface area contributed by atoms with Crippen LogP contribution in [0.3, 0.4) is 0 Å². The van der Waals surface area contributed by atoms with Crippen LogP contribution in [-0.2, 0) is 9.53 Å². The molecule has 2 aliphatic rings. The highest BCUT2D eigenvalue weighted by atomic mass is 16.6. The Balaban J connectivity index is 1.70. The van der Waals surface area contributed by atoms with Gasteiger partial charge in [-0.2, -0.15) is 0 Å². The average molecular weight is 326 g/mol. The second-order valence-corrected chi connectivity index (χ2v) is 7.85. The van der Waals surface area contributed by atoms with Gasteiger partial charge in [0.1, 0.15) is 5.60 Å². The summed E-state index contributed by atoms with van der Waals surface area (Å²) in [4.78, 5) is 26.7. The molecule has 0 saturated carbocycles. The molecule has 0 aromatic heterocycles. The summed E-state index contributed by atoms with van der Waals surface area (Å²) in [5.41, 5.74) is -0.437. The van der Waals surface area contributed by atoms with Crippen molar-refractivity contribution >= 4 is 12.1 Å². The number of piperidine rings is 1. The molecule has 6 nitrogen and oxygen atoms in total. The summed E-state index contributed by atoms with van der Waals surface area (Å²) in [6.07, 6.45) is 3.14. The Kier molecular flexibility index (Phi) is 5.89. The fraction of sp³-hybridized carbons (Fsp3) is 0.882. The van der Waals surface area contributed by atoms with Crippen molar-refractivity contribution < 1.29 is 19.4 Å². The molecule has 1 N–H and O–H groups in total. The first-order valence-corrected chi connectivity index (χ1v) is 8.66. The summed E-state index contributed by atoms with van der Waals surface area (Å²) in [6.45, 7) is 10.2. The molecule has 0 aromatic carbocycles. The van der Waals surface area contributed by atoms with E-state index in [1.165, 1.54) is 12.8 Å². The smallest absolute Gasteiger partial charge is 0.410 e. The monoisotopic (exact) mass is 326 g/mol. The quantitative estimate of drug-likeness (QED) is 0.840. The summed E-state index contributed by atoms with van der Waals surface area (Å²) < 4.78 is 5.39. The zero-order valence-corrected chi connectivity index (χ0v) is 14.6. The Bertz CT molecular complexity index is 427. The van der Waals surface area contributed by atoms with Crippen molar-refractivity contribution in [2.45, 2.75) is 52.1 Å². The van der Waals surface area contributed by atoms with Crippen LogP contribution >= 0.6 is 0 Å². The van der Waals surface area contributed by atoms with Crippen molar-refractivity contribution in [3.8, 4) is 0 Å². The number of carbonyl (C=O) groups is 2. The van der Waals surface area contributed by atoms with Crippen LogP contribution in [0.2, 0.25) is 0 Å². The number of rotatable bonds is 5. The molecule has 0 bridgehead atoms. The molecule has 2 aliphatic heterocycles. The maximum atomic E-state index is 12.0. The van der Waals surface area contributed by atoms with Gasteiger partial charge in [-0.3, -0.25) is 4.79 Å². The number of ether oxygens (including phenoxy) is 1. The fourth-order valence-corrected chi connectivity index (χ4v) is 3.42. The number of hydrogen-bond acceptors (Lipinski definition) is 4. The molecule has 0 radical (unpaired) electrons. The highest BCUT2D eigenvalue weighted by Crippen LogP contribution is 2.31. The molecular weight excluding hydrogens is 296 g/mol. The lowest BCUT2D eigenvalue weighted by molar-refractivity contribution is -0.137. The first-order valence-electron chi connectivity index (χ1n) is 8.66. The van der Waals surface area contributed by atoms with Crippen LogP contribution in [0.25, 0.3) is 0 Å². The van der Waals surface area contributed by atoms with E-state index in [4.69, 9.17) is 9.84 Å². The number of carbonyl (C=O) groups excluding carboxylic acids is 1. The predicted octanol–water partition coefficient (Wildman–Crippen LogP) is 2.43. The molecule has 6 heteroatoms. The molecule has 132 valence electrons. The predicted molar refractivity (Wildman–Crippen MR) is 87.3 cm³/mol. The van der Waals surface area contributed by atoms with Crippen LogP contribution in [0.4, 0.5) is 4.79 Å². The van der Waals surface area contributed by atoms with Gasteiger partial charge in [-0.15, -0.1) is 0 Å². The number of likely N-dealkylation sites (tertiary alicyclic amines) is 2. The second kappa shape index (κ2) is 7.51. The van der Waals surface area contributed by atoms with Crippen LogP contribution in [0.15, 0.2) is 0 Å². The Morgan fingerprint density at radius 2 is 1.87 bits per heavy atom. The highest BCUT2D eigenvalue weighted by Gasteiger charge is 2.39. The fourth-order valence-electron chi connectivity index (χ4n) is 3.42. The minimum Gasteiger partial charge on any atom is -0.481 e. The van der Waals surface area contributed by atoms with E-state index in [-0.39, 0.29) is 12.5 Å². The number of carboxylic acids is 1. The normalized spacial score (nSPS) is 23.4. The summed E-state index contributed by atoms with van der Waals surface area (Å²) in [5.74, 6) is 0.461. The van der Waals surface area contributed by atoms with Crippen LogP contribution < -0.4 is 0 Å². The highest BCUT2D eigenvalue weighted by molar-refractivity contribution is 5.69. The van der Waals surface area contributed by atoms with Gasteiger partial charge in [-0.1, -0.05) is 0 Å². The first kappa shape index (κ1) is 18.0. The molecule has 1 amide bonds. The molecule has 0 aliphatic carbocycles. The zero-order chi connectivity index (χ0) is 17.0. The maximum absolute atomic E-state index is 12.0. The SMILES string of the molecule is CC(C)(C)OC(=O)N1CC(C2CCCN(CCCC(=O)O)C2)C1. The van der Waals surface area contributed by atoms with Gasteiger partial charge in [0.2, 0.25) is 0 Å². The summed E-state index contributed by atoms with van der Waals surface area (Å²) in [7, 11) is 0. The molecular formula is C17H30N2O4. The zero-order valence-electron chi connectivity index (χ0n) is 14.6. The van der Waals surface area contributed by atoms with Crippen molar-refractivity contribution in [3.05, 3.63) is 0 Å². The lowest BCUT2D eigenvalue weighted by Crippen LogP contribution is -2.56. The van der Waals surface area contributed by atoms with Gasteiger partial charge in [0.15, 0.2) is 0 Å². The molecule has 1 unspecified atom stereocenters. The van der Waals surface area contributed by atoms with Crippen LogP contribution in [0.1, 0.15) is 46.5 Å². The van der Waals surface area contributed by atoms with Gasteiger partial charge >= 0.3 is 12.1 Å². The van der Waals surface area contributed by atoms with E-state index in [1.807, 2.05) is 20.8 Å². The van der Waals surface area contributed by atoms with Gasteiger partial charge < -0.3 is 19.6 Å². The number of hydrogen-bond donors (Lipinski definition) is 1. The van der Waals surface area contributed by atoms with E-state index in [2.05, 4.69) is 4.90 Å². The van der Waals surface area contributed by atoms with Crippen LogP contribution in [-0.4, -0.2) is 65.3 Å². The average Bonchev–Trinajstić information content (AvgIpc) is 2.34. The minimum absolute atomic E-state index is 0.206. The van der Waals surface area contributed by atoms with Gasteiger partial charge in [0.05, 0.1) is 0 Å². The minimum atomic E-state index is -0.717. The number of aliphatic carboxylic acids is 1.